The molecule has 0 spiro atoms. The number of nitrogens with one attached hydrogen (secondary N) is 1. The Morgan fingerprint density at radius 2 is 1.65 bits per heavy atom. The number of rotatable bonds is 15. The number of aryl methyl sites for hydroxylation is 1. The van der Waals surface area contributed by atoms with Gasteiger partial charge in [0, 0.05) is 36.2 Å². The van der Waals surface area contributed by atoms with Crippen LogP contribution in [0.1, 0.15) is 30.0 Å². The molecule has 48 heavy (non-hydrogen) atoms. The van der Waals surface area contributed by atoms with E-state index in [4.69, 9.17) is 16.3 Å². The van der Waals surface area contributed by atoms with Crippen LogP contribution in [0.3, 0.4) is 0 Å². The van der Waals surface area contributed by atoms with E-state index in [9.17, 15) is 28.1 Å². The zero-order chi connectivity index (χ0) is 34.8. The maximum Gasteiger partial charge on any atom is 0.273 e. The highest BCUT2D eigenvalue weighted by molar-refractivity contribution is 7.92. The molecule has 4 aromatic rings. The largest absolute Gasteiger partial charge is 0.497 e. The van der Waals surface area contributed by atoms with Gasteiger partial charge in [-0.05, 0) is 60.9 Å². The number of carbonyl (C=O) groups excluding carboxylic acids is 2. The van der Waals surface area contributed by atoms with Crippen molar-refractivity contribution in [1.82, 2.24) is 10.2 Å². The Kier molecular flexibility index (Phi) is 12.2. The summed E-state index contributed by atoms with van der Waals surface area (Å²) < 4.78 is 34.7. The second-order valence-electron chi connectivity index (χ2n) is 11.0. The summed E-state index contributed by atoms with van der Waals surface area (Å²) in [6.45, 7) is 2.96. The molecule has 252 valence electrons. The third-order valence-corrected chi connectivity index (χ3v) is 9.86. The number of anilines is 1. The summed E-state index contributed by atoms with van der Waals surface area (Å²) in [6.07, 6.45) is 0.806. The van der Waals surface area contributed by atoms with Crippen molar-refractivity contribution in [2.75, 3.05) is 24.5 Å². The maximum atomic E-state index is 14.5. The molecule has 0 aliphatic heterocycles. The summed E-state index contributed by atoms with van der Waals surface area (Å²) in [4.78, 5) is 40.3. The van der Waals surface area contributed by atoms with E-state index in [1.54, 1.807) is 24.3 Å². The molecule has 0 aliphatic carbocycles. The Morgan fingerprint density at radius 1 is 0.979 bits per heavy atom. The highest BCUT2D eigenvalue weighted by Gasteiger charge is 2.35. The molecular formula is C35H37ClN4O7S. The number of amides is 2. The molecule has 4 rings (SSSR count). The van der Waals surface area contributed by atoms with E-state index in [-0.39, 0.29) is 34.8 Å². The number of nitro benzene ring substituents is 1. The summed E-state index contributed by atoms with van der Waals surface area (Å²) in [6, 6.07) is 24.7. The Morgan fingerprint density at radius 3 is 2.27 bits per heavy atom. The Labute approximate surface area is 285 Å². The number of carbonyl (C=O) groups is 2. The molecule has 0 heterocycles. The van der Waals surface area contributed by atoms with E-state index in [1.807, 2.05) is 37.3 Å². The van der Waals surface area contributed by atoms with Gasteiger partial charge in [-0.15, -0.1) is 0 Å². The number of hydrogen-bond acceptors (Lipinski definition) is 7. The van der Waals surface area contributed by atoms with E-state index in [0.717, 1.165) is 15.9 Å². The van der Waals surface area contributed by atoms with Crippen LogP contribution in [0.2, 0.25) is 5.02 Å². The highest BCUT2D eigenvalue weighted by Crippen LogP contribution is 2.30. The number of sulfonamides is 1. The van der Waals surface area contributed by atoms with Gasteiger partial charge in [-0.25, -0.2) is 8.42 Å². The summed E-state index contributed by atoms with van der Waals surface area (Å²) in [5.74, 6) is -0.651. The molecule has 0 aliphatic rings. The van der Waals surface area contributed by atoms with E-state index in [1.165, 1.54) is 55.3 Å². The second kappa shape index (κ2) is 16.2. The average Bonchev–Trinajstić information content (AvgIpc) is 3.08. The highest BCUT2D eigenvalue weighted by atomic mass is 35.5. The minimum Gasteiger partial charge on any atom is -0.497 e. The smallest absolute Gasteiger partial charge is 0.273 e. The fraction of sp³-hybridized carbons (Fsp3) is 0.257. The van der Waals surface area contributed by atoms with Gasteiger partial charge in [0.1, 0.15) is 18.3 Å². The van der Waals surface area contributed by atoms with Gasteiger partial charge in [0.05, 0.1) is 22.6 Å². The Balaban J connectivity index is 1.84. The molecular weight excluding hydrogens is 656 g/mol. The van der Waals surface area contributed by atoms with Crippen molar-refractivity contribution in [3.63, 3.8) is 0 Å². The van der Waals surface area contributed by atoms with Crippen molar-refractivity contribution in [2.24, 2.45) is 0 Å². The lowest BCUT2D eigenvalue weighted by molar-refractivity contribution is -0.385. The standard InChI is InChI=1S/C35H37ClN4O7S/c1-4-20-37-35(42)33(21-26-10-6-5-7-11-26)38(23-27-12-8-9-13-31(27)36)34(41)24-39(28-15-17-29(47-3)18-16-28)48(45,46)30-19-14-25(2)32(22-30)40(43)44/h5-19,22,33H,4,20-21,23-24H2,1-3H3,(H,37,42)/t33-/m0/s1. The molecule has 1 atom stereocenters. The molecule has 0 fully saturated rings. The predicted molar refractivity (Wildman–Crippen MR) is 185 cm³/mol. The summed E-state index contributed by atoms with van der Waals surface area (Å²) in [5.41, 5.74) is 1.35. The normalized spacial score (nSPS) is 11.8. The number of ether oxygens (including phenoxy) is 1. The molecule has 0 aromatic heterocycles. The quantitative estimate of drug-likeness (QED) is 0.120. The molecule has 0 radical (unpaired) electrons. The van der Waals surface area contributed by atoms with Crippen molar-refractivity contribution >= 4 is 44.8 Å². The van der Waals surface area contributed by atoms with Gasteiger partial charge in [-0.2, -0.15) is 0 Å². The van der Waals surface area contributed by atoms with Crippen molar-refractivity contribution in [2.45, 2.75) is 44.2 Å². The van der Waals surface area contributed by atoms with Gasteiger partial charge >= 0.3 is 0 Å². The molecule has 0 saturated carbocycles. The van der Waals surface area contributed by atoms with Gasteiger partial charge in [-0.1, -0.05) is 73.1 Å². The lowest BCUT2D eigenvalue weighted by Crippen LogP contribution is -2.53. The first-order valence-electron chi connectivity index (χ1n) is 15.2. The molecule has 4 aromatic carbocycles. The minimum absolute atomic E-state index is 0.0952. The SMILES string of the molecule is CCCNC(=O)[C@H](Cc1ccccc1)N(Cc1ccccc1Cl)C(=O)CN(c1ccc(OC)cc1)S(=O)(=O)c1ccc(C)c([N+](=O)[O-])c1. The molecule has 0 unspecified atom stereocenters. The zero-order valence-corrected chi connectivity index (χ0v) is 28.4. The Hall–Kier alpha value is -4.94. The first-order valence-corrected chi connectivity index (χ1v) is 17.0. The molecule has 1 N–H and O–H groups in total. The third kappa shape index (κ3) is 8.69. The lowest BCUT2D eigenvalue weighted by atomic mass is 10.0. The maximum absolute atomic E-state index is 14.5. The van der Waals surface area contributed by atoms with Crippen LogP contribution in [0.15, 0.2) is 102 Å². The van der Waals surface area contributed by atoms with E-state index < -0.39 is 39.3 Å². The fourth-order valence-electron chi connectivity index (χ4n) is 5.08. The molecule has 0 bridgehead atoms. The summed E-state index contributed by atoms with van der Waals surface area (Å²) in [5, 5.41) is 15.0. The number of nitro groups is 1. The number of hydrogen-bond donors (Lipinski definition) is 1. The second-order valence-corrected chi connectivity index (χ2v) is 13.3. The van der Waals surface area contributed by atoms with Crippen molar-refractivity contribution in [3.05, 3.63) is 129 Å². The number of methoxy groups -OCH3 is 1. The number of halogens is 1. The first kappa shape index (κ1) is 35.9. The van der Waals surface area contributed by atoms with Crippen LogP contribution in [-0.2, 0) is 32.6 Å². The van der Waals surface area contributed by atoms with Crippen LogP contribution >= 0.6 is 11.6 Å². The molecule has 13 heteroatoms. The van der Waals surface area contributed by atoms with Gasteiger partial charge < -0.3 is 15.0 Å². The summed E-state index contributed by atoms with van der Waals surface area (Å²) in [7, 11) is -3.10. The van der Waals surface area contributed by atoms with Crippen molar-refractivity contribution in [1.29, 1.82) is 0 Å². The number of nitrogens with zero attached hydrogens (tertiary/aromatic N) is 3. The van der Waals surface area contributed by atoms with Crippen LogP contribution in [-0.4, -0.2) is 56.3 Å². The minimum atomic E-state index is -4.56. The summed E-state index contributed by atoms with van der Waals surface area (Å²) >= 11 is 6.53. The van der Waals surface area contributed by atoms with Gasteiger partial charge in [0.15, 0.2) is 0 Å². The third-order valence-electron chi connectivity index (χ3n) is 7.72. The number of benzene rings is 4. The van der Waals surface area contributed by atoms with E-state index >= 15 is 0 Å². The zero-order valence-electron chi connectivity index (χ0n) is 26.8. The fourth-order valence-corrected chi connectivity index (χ4v) is 6.71. The first-order chi connectivity index (χ1) is 23.0. The molecule has 11 nitrogen and oxygen atoms in total. The Bertz CT molecular complexity index is 1850. The average molecular weight is 693 g/mol. The van der Waals surface area contributed by atoms with Crippen molar-refractivity contribution in [3.8, 4) is 5.75 Å². The monoisotopic (exact) mass is 692 g/mol. The van der Waals surface area contributed by atoms with Crippen LogP contribution in [0.25, 0.3) is 0 Å². The van der Waals surface area contributed by atoms with Crippen LogP contribution in [0.5, 0.6) is 5.75 Å². The van der Waals surface area contributed by atoms with Gasteiger partial charge in [-0.3, -0.25) is 24.0 Å². The van der Waals surface area contributed by atoms with Gasteiger partial charge in [0.2, 0.25) is 11.8 Å². The molecule has 0 saturated heterocycles. The van der Waals surface area contributed by atoms with E-state index in [2.05, 4.69) is 5.32 Å². The lowest BCUT2D eigenvalue weighted by Gasteiger charge is -2.34. The van der Waals surface area contributed by atoms with Crippen LogP contribution in [0, 0.1) is 17.0 Å². The predicted octanol–water partition coefficient (Wildman–Crippen LogP) is 5.93. The van der Waals surface area contributed by atoms with Crippen LogP contribution < -0.4 is 14.4 Å². The van der Waals surface area contributed by atoms with Crippen LogP contribution in [0.4, 0.5) is 11.4 Å². The van der Waals surface area contributed by atoms with E-state index in [0.29, 0.717) is 29.3 Å². The molecule has 2 amide bonds. The van der Waals surface area contributed by atoms with Gasteiger partial charge in [0.25, 0.3) is 15.7 Å². The van der Waals surface area contributed by atoms with Crippen molar-refractivity contribution < 1.29 is 27.7 Å². The topological polar surface area (TPSA) is 139 Å².